The number of carbonyl (C=O) groups is 1. The molecule has 0 unspecified atom stereocenters. The molecule has 1 amide bonds. The van der Waals surface area contributed by atoms with Gasteiger partial charge in [-0.25, -0.2) is 5.43 Å². The quantitative estimate of drug-likeness (QED) is 0.512. The van der Waals surface area contributed by atoms with Crippen molar-refractivity contribution in [1.82, 2.24) is 9.99 Å². The van der Waals surface area contributed by atoms with Crippen LogP contribution >= 0.6 is 23.2 Å². The highest BCUT2D eigenvalue weighted by atomic mass is 35.5. The summed E-state index contributed by atoms with van der Waals surface area (Å²) in [5.41, 5.74) is 5.36. The summed E-state index contributed by atoms with van der Waals surface area (Å²) in [7, 11) is 0. The van der Waals surface area contributed by atoms with Crippen LogP contribution in [0.3, 0.4) is 0 Å². The van der Waals surface area contributed by atoms with Crippen molar-refractivity contribution in [2.24, 2.45) is 5.10 Å². The Labute approximate surface area is 155 Å². The summed E-state index contributed by atoms with van der Waals surface area (Å²) in [5, 5.41) is 5.15. The number of halogens is 2. The highest BCUT2D eigenvalue weighted by Gasteiger charge is 2.08. The number of carbonyl (C=O) groups excluding carboxylic acids is 1. The van der Waals surface area contributed by atoms with Crippen LogP contribution in [0.4, 0.5) is 0 Å². The Bertz CT molecular complexity index is 916. The number of rotatable bonds is 4. The molecule has 3 rings (SSSR count). The van der Waals surface area contributed by atoms with Crippen LogP contribution in [0.2, 0.25) is 10.0 Å². The average Bonchev–Trinajstić information content (AvgIpc) is 3.14. The molecule has 0 aliphatic carbocycles. The SMILES string of the molecule is C/C(=N/NC(=O)c1ccc(-n2cccc2)cc1)c1ccc(Cl)cc1Cl. The molecule has 0 radical (unpaired) electrons. The minimum atomic E-state index is -0.288. The summed E-state index contributed by atoms with van der Waals surface area (Å²) in [6.45, 7) is 1.77. The number of aromatic nitrogens is 1. The van der Waals surface area contributed by atoms with Crippen molar-refractivity contribution in [3.05, 3.63) is 88.2 Å². The molecule has 1 heterocycles. The van der Waals surface area contributed by atoms with E-state index in [4.69, 9.17) is 23.2 Å². The first kappa shape index (κ1) is 17.3. The minimum Gasteiger partial charge on any atom is -0.324 e. The Hall–Kier alpha value is -2.56. The number of nitrogens with zero attached hydrogens (tertiary/aromatic N) is 2. The highest BCUT2D eigenvalue weighted by molar-refractivity contribution is 6.37. The van der Waals surface area contributed by atoms with Gasteiger partial charge >= 0.3 is 0 Å². The molecular weight excluding hydrogens is 357 g/mol. The molecule has 0 fully saturated rings. The van der Waals surface area contributed by atoms with Crippen LogP contribution in [0.1, 0.15) is 22.8 Å². The molecule has 0 aliphatic rings. The van der Waals surface area contributed by atoms with Gasteiger partial charge in [-0.15, -0.1) is 0 Å². The van der Waals surface area contributed by atoms with E-state index >= 15 is 0 Å². The topological polar surface area (TPSA) is 46.4 Å². The summed E-state index contributed by atoms with van der Waals surface area (Å²) in [5.74, 6) is -0.288. The number of amides is 1. The molecule has 0 spiro atoms. The van der Waals surface area contributed by atoms with Gasteiger partial charge in [0.05, 0.1) is 10.7 Å². The lowest BCUT2D eigenvalue weighted by Gasteiger charge is -2.06. The van der Waals surface area contributed by atoms with E-state index < -0.39 is 0 Å². The summed E-state index contributed by atoms with van der Waals surface area (Å²) >= 11 is 12.0. The third-order valence-corrected chi connectivity index (χ3v) is 4.23. The monoisotopic (exact) mass is 371 g/mol. The molecule has 6 heteroatoms. The van der Waals surface area contributed by atoms with Crippen molar-refractivity contribution >= 4 is 34.8 Å². The van der Waals surface area contributed by atoms with Gasteiger partial charge in [-0.05, 0) is 55.5 Å². The van der Waals surface area contributed by atoms with Crippen molar-refractivity contribution in [3.8, 4) is 5.69 Å². The van der Waals surface area contributed by atoms with Gasteiger partial charge < -0.3 is 4.57 Å². The number of hydrogen-bond acceptors (Lipinski definition) is 2. The summed E-state index contributed by atoms with van der Waals surface area (Å²) in [6, 6.07) is 16.3. The molecule has 4 nitrogen and oxygen atoms in total. The summed E-state index contributed by atoms with van der Waals surface area (Å²) in [6.07, 6.45) is 3.89. The van der Waals surface area contributed by atoms with Crippen LogP contribution in [0.25, 0.3) is 5.69 Å². The van der Waals surface area contributed by atoms with E-state index in [2.05, 4.69) is 10.5 Å². The molecule has 0 saturated heterocycles. The van der Waals surface area contributed by atoms with Crippen LogP contribution in [-0.4, -0.2) is 16.2 Å². The standard InChI is InChI=1S/C19H15Cl2N3O/c1-13(17-9-6-15(20)12-18(17)21)22-23-19(25)14-4-7-16(8-5-14)24-10-2-3-11-24/h2-12H,1H3,(H,23,25)/b22-13-. The van der Waals surface area contributed by atoms with Gasteiger partial charge in [-0.2, -0.15) is 5.10 Å². The van der Waals surface area contributed by atoms with Crippen LogP contribution in [0, 0.1) is 0 Å². The first-order valence-corrected chi connectivity index (χ1v) is 8.33. The van der Waals surface area contributed by atoms with Gasteiger partial charge in [0.15, 0.2) is 0 Å². The van der Waals surface area contributed by atoms with Crippen molar-refractivity contribution in [1.29, 1.82) is 0 Å². The zero-order valence-corrected chi connectivity index (χ0v) is 14.9. The molecule has 1 N–H and O–H groups in total. The van der Waals surface area contributed by atoms with E-state index in [9.17, 15) is 4.79 Å². The fourth-order valence-corrected chi connectivity index (χ4v) is 2.88. The molecular formula is C19H15Cl2N3O. The second kappa shape index (κ2) is 7.55. The van der Waals surface area contributed by atoms with Gasteiger partial charge in [0, 0.05) is 34.2 Å². The van der Waals surface area contributed by atoms with Crippen molar-refractivity contribution in [3.63, 3.8) is 0 Å². The van der Waals surface area contributed by atoms with E-state index in [1.54, 1.807) is 37.3 Å². The Kier molecular flexibility index (Phi) is 5.22. The molecule has 0 bridgehead atoms. The second-order valence-corrected chi connectivity index (χ2v) is 6.24. The van der Waals surface area contributed by atoms with E-state index in [-0.39, 0.29) is 5.91 Å². The average molecular weight is 372 g/mol. The van der Waals surface area contributed by atoms with Gasteiger partial charge in [0.1, 0.15) is 0 Å². The highest BCUT2D eigenvalue weighted by Crippen LogP contribution is 2.21. The van der Waals surface area contributed by atoms with E-state index in [1.807, 2.05) is 41.2 Å². The van der Waals surface area contributed by atoms with Gasteiger partial charge in [0.25, 0.3) is 5.91 Å². The molecule has 25 heavy (non-hydrogen) atoms. The summed E-state index contributed by atoms with van der Waals surface area (Å²) < 4.78 is 1.96. The third kappa shape index (κ3) is 4.10. The Balaban J connectivity index is 1.71. The molecule has 126 valence electrons. The summed E-state index contributed by atoms with van der Waals surface area (Å²) in [4.78, 5) is 12.2. The lowest BCUT2D eigenvalue weighted by atomic mass is 10.1. The smallest absolute Gasteiger partial charge is 0.271 e. The van der Waals surface area contributed by atoms with E-state index in [1.165, 1.54) is 0 Å². The van der Waals surface area contributed by atoms with Crippen LogP contribution in [0.15, 0.2) is 72.1 Å². The Morgan fingerprint density at radius 3 is 2.36 bits per heavy atom. The van der Waals surface area contributed by atoms with Crippen LogP contribution in [-0.2, 0) is 0 Å². The second-order valence-electron chi connectivity index (χ2n) is 5.40. The normalized spacial score (nSPS) is 11.4. The Morgan fingerprint density at radius 2 is 1.72 bits per heavy atom. The Morgan fingerprint density at radius 1 is 1.04 bits per heavy atom. The van der Waals surface area contributed by atoms with Gasteiger partial charge in [-0.3, -0.25) is 4.79 Å². The maximum Gasteiger partial charge on any atom is 0.271 e. The number of benzene rings is 2. The fraction of sp³-hybridized carbons (Fsp3) is 0.0526. The zero-order valence-electron chi connectivity index (χ0n) is 13.4. The van der Waals surface area contributed by atoms with Crippen molar-refractivity contribution < 1.29 is 4.79 Å². The molecule has 0 aliphatic heterocycles. The predicted molar refractivity (Wildman–Crippen MR) is 102 cm³/mol. The lowest BCUT2D eigenvalue weighted by molar-refractivity contribution is 0.0955. The van der Waals surface area contributed by atoms with Crippen molar-refractivity contribution in [2.45, 2.75) is 6.92 Å². The maximum atomic E-state index is 12.2. The van der Waals surface area contributed by atoms with Gasteiger partial charge in [0.2, 0.25) is 0 Å². The largest absolute Gasteiger partial charge is 0.324 e. The van der Waals surface area contributed by atoms with Crippen LogP contribution in [0.5, 0.6) is 0 Å². The minimum absolute atomic E-state index is 0.288. The fourth-order valence-electron chi connectivity index (χ4n) is 2.33. The molecule has 0 atom stereocenters. The van der Waals surface area contributed by atoms with E-state index in [0.29, 0.717) is 26.9 Å². The lowest BCUT2D eigenvalue weighted by Crippen LogP contribution is -2.19. The molecule has 1 aromatic heterocycles. The van der Waals surface area contributed by atoms with Crippen molar-refractivity contribution in [2.75, 3.05) is 0 Å². The first-order chi connectivity index (χ1) is 12.0. The molecule has 2 aromatic carbocycles. The molecule has 0 saturated carbocycles. The third-order valence-electron chi connectivity index (χ3n) is 3.68. The molecule has 3 aromatic rings. The first-order valence-electron chi connectivity index (χ1n) is 7.58. The van der Waals surface area contributed by atoms with Crippen LogP contribution < -0.4 is 5.43 Å². The number of hydrazone groups is 1. The predicted octanol–water partition coefficient (Wildman–Crippen LogP) is 4.94. The van der Waals surface area contributed by atoms with E-state index in [0.717, 1.165) is 5.69 Å². The zero-order chi connectivity index (χ0) is 17.8. The number of hydrogen-bond donors (Lipinski definition) is 1. The van der Waals surface area contributed by atoms with Gasteiger partial charge in [-0.1, -0.05) is 29.3 Å². The number of nitrogens with one attached hydrogen (secondary N) is 1. The maximum absolute atomic E-state index is 12.2.